The van der Waals surface area contributed by atoms with Crippen molar-refractivity contribution >= 4 is 5.97 Å². The Bertz CT molecular complexity index is 431. The molecular weight excluding hydrogens is 230 g/mol. The van der Waals surface area contributed by atoms with Gasteiger partial charge in [0, 0.05) is 6.04 Å². The molecule has 1 atom stereocenters. The first-order chi connectivity index (χ1) is 8.70. The summed E-state index contributed by atoms with van der Waals surface area (Å²) in [6, 6.07) is 5.95. The van der Waals surface area contributed by atoms with E-state index >= 15 is 0 Å². The number of carbonyl (C=O) groups excluding carboxylic acids is 1. The Morgan fingerprint density at radius 2 is 2.33 bits per heavy atom. The molecule has 1 aromatic rings. The van der Waals surface area contributed by atoms with Gasteiger partial charge in [0.05, 0.1) is 6.61 Å². The van der Waals surface area contributed by atoms with Crippen LogP contribution in [0.1, 0.15) is 36.9 Å². The summed E-state index contributed by atoms with van der Waals surface area (Å²) in [5.41, 5.74) is 8.50. The summed E-state index contributed by atoms with van der Waals surface area (Å²) in [5.74, 6) is 0.332. The summed E-state index contributed by atoms with van der Waals surface area (Å²) < 4.78 is 10.2. The maximum Gasteiger partial charge on any atom is 0.344 e. The fraction of sp³-hybridized carbons (Fsp3) is 0.500. The van der Waals surface area contributed by atoms with Gasteiger partial charge in [-0.25, -0.2) is 4.79 Å². The van der Waals surface area contributed by atoms with E-state index in [0.29, 0.717) is 12.4 Å². The smallest absolute Gasteiger partial charge is 0.344 e. The molecule has 0 heterocycles. The molecule has 1 aliphatic rings. The average Bonchev–Trinajstić information content (AvgIpc) is 2.37. The second kappa shape index (κ2) is 5.87. The van der Waals surface area contributed by atoms with E-state index in [9.17, 15) is 4.79 Å². The van der Waals surface area contributed by atoms with Crippen LogP contribution < -0.4 is 10.5 Å². The van der Waals surface area contributed by atoms with Gasteiger partial charge in [-0.05, 0) is 49.4 Å². The van der Waals surface area contributed by atoms with E-state index < -0.39 is 0 Å². The molecule has 0 spiro atoms. The predicted molar refractivity (Wildman–Crippen MR) is 68.4 cm³/mol. The fourth-order valence-electron chi connectivity index (χ4n) is 2.25. The van der Waals surface area contributed by atoms with Crippen LogP contribution in [0, 0.1) is 0 Å². The van der Waals surface area contributed by atoms with Gasteiger partial charge in [-0.2, -0.15) is 0 Å². The Hall–Kier alpha value is -1.55. The molecule has 0 aromatic heterocycles. The van der Waals surface area contributed by atoms with Gasteiger partial charge in [0.25, 0.3) is 0 Å². The van der Waals surface area contributed by atoms with E-state index in [0.717, 1.165) is 24.8 Å². The highest BCUT2D eigenvalue weighted by atomic mass is 16.6. The molecule has 1 aromatic carbocycles. The van der Waals surface area contributed by atoms with Crippen LogP contribution in [0.5, 0.6) is 5.75 Å². The van der Waals surface area contributed by atoms with E-state index in [1.165, 1.54) is 5.56 Å². The molecule has 0 amide bonds. The van der Waals surface area contributed by atoms with E-state index in [1.807, 2.05) is 18.2 Å². The Morgan fingerprint density at radius 3 is 3.11 bits per heavy atom. The standard InChI is InChI=1S/C14H19NO3/c1-2-17-14(16)9-18-11-7-6-10-4-3-5-13(15)12(10)8-11/h6-8,13H,2-5,9,15H2,1H3/t13-/m1/s1. The van der Waals surface area contributed by atoms with Crippen LogP contribution in [0.3, 0.4) is 0 Å². The van der Waals surface area contributed by atoms with Crippen LogP contribution in [0.15, 0.2) is 18.2 Å². The van der Waals surface area contributed by atoms with E-state index in [1.54, 1.807) is 6.92 Å². The summed E-state index contributed by atoms with van der Waals surface area (Å²) in [5, 5.41) is 0. The minimum atomic E-state index is -0.348. The number of fused-ring (bicyclic) bond motifs is 1. The molecule has 18 heavy (non-hydrogen) atoms. The third-order valence-corrected chi connectivity index (χ3v) is 3.14. The molecule has 0 saturated carbocycles. The largest absolute Gasteiger partial charge is 0.482 e. The molecule has 0 saturated heterocycles. The molecule has 98 valence electrons. The molecular formula is C14H19NO3. The van der Waals surface area contributed by atoms with Crippen molar-refractivity contribution in [1.29, 1.82) is 0 Å². The topological polar surface area (TPSA) is 61.5 Å². The van der Waals surface area contributed by atoms with Crippen molar-refractivity contribution in [3.63, 3.8) is 0 Å². The summed E-state index contributed by atoms with van der Waals surface area (Å²) >= 11 is 0. The normalized spacial score (nSPS) is 18.0. The highest BCUT2D eigenvalue weighted by Gasteiger charge is 2.17. The number of nitrogens with two attached hydrogens (primary N) is 1. The lowest BCUT2D eigenvalue weighted by Gasteiger charge is -2.22. The van der Waals surface area contributed by atoms with Crippen LogP contribution in [-0.4, -0.2) is 19.2 Å². The van der Waals surface area contributed by atoms with Gasteiger partial charge in [-0.3, -0.25) is 0 Å². The molecule has 2 N–H and O–H groups in total. The number of ether oxygens (including phenoxy) is 2. The Kier molecular flexibility index (Phi) is 4.20. The van der Waals surface area contributed by atoms with E-state index in [4.69, 9.17) is 15.2 Å². The third kappa shape index (κ3) is 3.01. The van der Waals surface area contributed by atoms with Gasteiger partial charge in [-0.15, -0.1) is 0 Å². The lowest BCUT2D eigenvalue weighted by Crippen LogP contribution is -2.18. The Balaban J connectivity index is 2.02. The minimum Gasteiger partial charge on any atom is -0.482 e. The monoisotopic (exact) mass is 249 g/mol. The van der Waals surface area contributed by atoms with Crippen molar-refractivity contribution in [2.24, 2.45) is 5.73 Å². The SMILES string of the molecule is CCOC(=O)COc1ccc2c(c1)[C@H](N)CCC2. The van der Waals surface area contributed by atoms with Crippen molar-refractivity contribution in [1.82, 2.24) is 0 Å². The summed E-state index contributed by atoms with van der Waals surface area (Å²) in [7, 11) is 0. The fourth-order valence-corrected chi connectivity index (χ4v) is 2.25. The first kappa shape index (κ1) is 12.9. The quantitative estimate of drug-likeness (QED) is 0.829. The van der Waals surface area contributed by atoms with Gasteiger partial charge in [0.1, 0.15) is 5.75 Å². The van der Waals surface area contributed by atoms with Crippen molar-refractivity contribution in [3.05, 3.63) is 29.3 Å². The van der Waals surface area contributed by atoms with Gasteiger partial charge < -0.3 is 15.2 Å². The van der Waals surface area contributed by atoms with E-state index in [2.05, 4.69) is 0 Å². The van der Waals surface area contributed by atoms with Gasteiger partial charge in [0.2, 0.25) is 0 Å². The first-order valence-corrected chi connectivity index (χ1v) is 6.37. The second-order valence-electron chi connectivity index (χ2n) is 4.45. The van der Waals surface area contributed by atoms with E-state index in [-0.39, 0.29) is 18.6 Å². The molecule has 0 bridgehead atoms. The number of rotatable bonds is 4. The molecule has 1 aliphatic carbocycles. The zero-order valence-corrected chi connectivity index (χ0v) is 10.6. The van der Waals surface area contributed by atoms with Crippen molar-refractivity contribution < 1.29 is 14.3 Å². The van der Waals surface area contributed by atoms with Crippen LogP contribution in [0.25, 0.3) is 0 Å². The molecule has 0 unspecified atom stereocenters. The molecule has 4 nitrogen and oxygen atoms in total. The molecule has 2 rings (SSSR count). The molecule has 0 radical (unpaired) electrons. The number of hydrogen-bond donors (Lipinski definition) is 1. The maximum absolute atomic E-state index is 11.2. The molecule has 4 heteroatoms. The maximum atomic E-state index is 11.2. The third-order valence-electron chi connectivity index (χ3n) is 3.14. The van der Waals surface area contributed by atoms with Crippen LogP contribution >= 0.6 is 0 Å². The van der Waals surface area contributed by atoms with Gasteiger partial charge in [0.15, 0.2) is 6.61 Å². The predicted octanol–water partition coefficient (Wildman–Crippen LogP) is 1.96. The van der Waals surface area contributed by atoms with Crippen LogP contribution in [-0.2, 0) is 16.0 Å². The Morgan fingerprint density at radius 1 is 1.50 bits per heavy atom. The van der Waals surface area contributed by atoms with Crippen molar-refractivity contribution in [3.8, 4) is 5.75 Å². The number of esters is 1. The number of aryl methyl sites for hydroxylation is 1. The summed E-state index contributed by atoms with van der Waals surface area (Å²) in [6.07, 6.45) is 3.21. The number of benzene rings is 1. The zero-order chi connectivity index (χ0) is 13.0. The number of hydrogen-bond acceptors (Lipinski definition) is 4. The Labute approximate surface area is 107 Å². The lowest BCUT2D eigenvalue weighted by molar-refractivity contribution is -0.145. The highest BCUT2D eigenvalue weighted by Crippen LogP contribution is 2.30. The minimum absolute atomic E-state index is 0.0537. The number of carbonyl (C=O) groups is 1. The summed E-state index contributed by atoms with van der Waals surface area (Å²) in [6.45, 7) is 2.09. The van der Waals surface area contributed by atoms with Crippen molar-refractivity contribution in [2.75, 3.05) is 13.2 Å². The average molecular weight is 249 g/mol. The van der Waals surface area contributed by atoms with Crippen LogP contribution in [0.4, 0.5) is 0 Å². The molecule has 0 fully saturated rings. The van der Waals surface area contributed by atoms with Crippen LogP contribution in [0.2, 0.25) is 0 Å². The van der Waals surface area contributed by atoms with Gasteiger partial charge in [-0.1, -0.05) is 6.07 Å². The second-order valence-corrected chi connectivity index (χ2v) is 4.45. The zero-order valence-electron chi connectivity index (χ0n) is 10.6. The van der Waals surface area contributed by atoms with Gasteiger partial charge >= 0.3 is 5.97 Å². The highest BCUT2D eigenvalue weighted by molar-refractivity contribution is 5.71. The van der Waals surface area contributed by atoms with Crippen molar-refractivity contribution in [2.45, 2.75) is 32.2 Å². The molecule has 0 aliphatic heterocycles. The summed E-state index contributed by atoms with van der Waals surface area (Å²) in [4.78, 5) is 11.2. The first-order valence-electron chi connectivity index (χ1n) is 6.37. The lowest BCUT2D eigenvalue weighted by atomic mass is 9.88.